The molecule has 1 unspecified atom stereocenters. The average Bonchev–Trinajstić information content (AvgIpc) is 3.27. The van der Waals surface area contributed by atoms with E-state index in [0.29, 0.717) is 18.6 Å². The topological polar surface area (TPSA) is 53.8 Å². The summed E-state index contributed by atoms with van der Waals surface area (Å²) in [6.45, 7) is 9.42. The van der Waals surface area contributed by atoms with Gasteiger partial charge in [-0.2, -0.15) is 5.10 Å². The summed E-state index contributed by atoms with van der Waals surface area (Å²) in [6.07, 6.45) is 3.45. The van der Waals surface area contributed by atoms with Gasteiger partial charge in [-0.25, -0.2) is 0 Å². The van der Waals surface area contributed by atoms with Crippen LogP contribution in [0.2, 0.25) is 0 Å². The summed E-state index contributed by atoms with van der Waals surface area (Å²) in [7, 11) is 1.73. The van der Waals surface area contributed by atoms with Gasteiger partial charge in [-0.3, -0.25) is 14.5 Å². The first-order valence-electron chi connectivity index (χ1n) is 10.8. The number of aliphatic hydroxyl groups is 1. The first-order valence-corrected chi connectivity index (χ1v) is 10.8. The van der Waals surface area contributed by atoms with Gasteiger partial charge in [0.05, 0.1) is 19.3 Å². The number of nitrogens with zero attached hydrogens (tertiary/aromatic N) is 4. The minimum Gasteiger partial charge on any atom is -0.496 e. The first-order chi connectivity index (χ1) is 14.1. The summed E-state index contributed by atoms with van der Waals surface area (Å²) in [6, 6.07) is 9.75. The molecule has 1 aromatic heterocycles. The number of benzene rings is 1. The van der Waals surface area contributed by atoms with Crippen molar-refractivity contribution < 1.29 is 9.84 Å². The third kappa shape index (κ3) is 4.49. The Morgan fingerprint density at radius 3 is 2.76 bits per heavy atom. The molecule has 0 spiro atoms. The van der Waals surface area contributed by atoms with Crippen molar-refractivity contribution in [3.8, 4) is 5.75 Å². The molecule has 0 saturated carbocycles. The molecule has 0 amide bonds. The van der Waals surface area contributed by atoms with Gasteiger partial charge in [-0.1, -0.05) is 6.07 Å². The highest BCUT2D eigenvalue weighted by Gasteiger charge is 2.35. The summed E-state index contributed by atoms with van der Waals surface area (Å²) >= 11 is 0. The zero-order valence-electron chi connectivity index (χ0n) is 18.0. The van der Waals surface area contributed by atoms with E-state index < -0.39 is 0 Å². The molecule has 2 saturated heterocycles. The van der Waals surface area contributed by atoms with E-state index in [1.54, 1.807) is 7.11 Å². The molecule has 1 N–H and O–H groups in total. The summed E-state index contributed by atoms with van der Waals surface area (Å²) in [4.78, 5) is 5.21. The van der Waals surface area contributed by atoms with Crippen LogP contribution in [0.3, 0.4) is 0 Å². The predicted molar refractivity (Wildman–Crippen MR) is 114 cm³/mol. The number of fused-ring (bicyclic) bond motifs is 1. The Morgan fingerprint density at radius 2 is 2.03 bits per heavy atom. The lowest BCUT2D eigenvalue weighted by atomic mass is 10.0. The normalized spacial score (nSPS) is 22.8. The van der Waals surface area contributed by atoms with Crippen LogP contribution < -0.4 is 4.74 Å². The van der Waals surface area contributed by atoms with E-state index in [9.17, 15) is 5.11 Å². The number of hydrogen-bond donors (Lipinski definition) is 1. The zero-order valence-corrected chi connectivity index (χ0v) is 18.0. The summed E-state index contributed by atoms with van der Waals surface area (Å²) in [5.41, 5.74) is 4.67. The number of aryl methyl sites for hydroxylation is 2. The van der Waals surface area contributed by atoms with E-state index >= 15 is 0 Å². The molecule has 4 rings (SSSR count). The molecule has 2 aliphatic rings. The van der Waals surface area contributed by atoms with Crippen molar-refractivity contribution in [1.29, 1.82) is 0 Å². The Kier molecular flexibility index (Phi) is 6.23. The molecule has 2 aliphatic heterocycles. The lowest BCUT2D eigenvalue weighted by Gasteiger charge is -2.43. The fourth-order valence-electron chi connectivity index (χ4n) is 5.05. The van der Waals surface area contributed by atoms with Gasteiger partial charge in [0.15, 0.2) is 0 Å². The molecule has 6 heteroatoms. The van der Waals surface area contributed by atoms with Crippen molar-refractivity contribution in [3.63, 3.8) is 0 Å². The minimum atomic E-state index is 0.255. The molecule has 0 bridgehead atoms. The number of aromatic nitrogens is 2. The maximum absolute atomic E-state index is 9.58. The van der Waals surface area contributed by atoms with Crippen LogP contribution in [0, 0.1) is 13.8 Å². The van der Waals surface area contributed by atoms with Crippen LogP contribution >= 0.6 is 0 Å². The Hall–Kier alpha value is -1.89. The smallest absolute Gasteiger partial charge is 0.123 e. The zero-order chi connectivity index (χ0) is 20.4. The number of ether oxygens (including phenoxy) is 1. The first kappa shape index (κ1) is 20.4. The molecule has 6 nitrogen and oxygen atoms in total. The van der Waals surface area contributed by atoms with Crippen LogP contribution in [0.5, 0.6) is 5.75 Å². The van der Waals surface area contributed by atoms with Gasteiger partial charge in [-0.05, 0) is 63.4 Å². The van der Waals surface area contributed by atoms with Crippen LogP contribution in [0.4, 0.5) is 0 Å². The average molecular weight is 399 g/mol. The number of rotatable bonds is 7. The molecule has 0 radical (unpaired) electrons. The molecule has 2 aromatic rings. The monoisotopic (exact) mass is 398 g/mol. The van der Waals surface area contributed by atoms with Gasteiger partial charge in [0, 0.05) is 49.6 Å². The van der Waals surface area contributed by atoms with Crippen molar-refractivity contribution in [2.75, 3.05) is 33.4 Å². The fourth-order valence-corrected chi connectivity index (χ4v) is 5.05. The maximum atomic E-state index is 9.58. The van der Waals surface area contributed by atoms with Gasteiger partial charge in [0.25, 0.3) is 0 Å². The van der Waals surface area contributed by atoms with Crippen molar-refractivity contribution in [2.24, 2.45) is 0 Å². The number of piperazine rings is 1. The summed E-state index contributed by atoms with van der Waals surface area (Å²) in [5, 5.41) is 14.2. The van der Waals surface area contributed by atoms with Gasteiger partial charge in [-0.15, -0.1) is 0 Å². The fraction of sp³-hybridized carbons (Fsp3) is 0.609. The van der Waals surface area contributed by atoms with Gasteiger partial charge in [0.2, 0.25) is 0 Å². The Morgan fingerprint density at radius 1 is 1.17 bits per heavy atom. The molecule has 158 valence electrons. The predicted octanol–water partition coefficient (Wildman–Crippen LogP) is 2.59. The SMILES string of the molecule is COc1ccc(CN2CC3CCCN3C[C@@H]2CCO)cc1Cn1nc(C)cc1C. The van der Waals surface area contributed by atoms with Crippen LogP contribution in [-0.4, -0.2) is 70.1 Å². The molecule has 1 aromatic carbocycles. The Balaban J connectivity index is 1.53. The largest absolute Gasteiger partial charge is 0.496 e. The second kappa shape index (κ2) is 8.86. The lowest BCUT2D eigenvalue weighted by Crippen LogP contribution is -2.55. The van der Waals surface area contributed by atoms with E-state index in [1.807, 2.05) is 11.6 Å². The maximum Gasteiger partial charge on any atom is 0.123 e. The summed E-state index contributed by atoms with van der Waals surface area (Å²) in [5.74, 6) is 0.911. The van der Waals surface area contributed by atoms with Gasteiger partial charge >= 0.3 is 0 Å². The quantitative estimate of drug-likeness (QED) is 0.777. The van der Waals surface area contributed by atoms with E-state index in [2.05, 4.69) is 46.1 Å². The third-order valence-electron chi connectivity index (χ3n) is 6.52. The number of methoxy groups -OCH3 is 1. The van der Waals surface area contributed by atoms with Crippen LogP contribution in [0.1, 0.15) is 41.8 Å². The molecule has 0 aliphatic carbocycles. The van der Waals surface area contributed by atoms with Gasteiger partial charge < -0.3 is 9.84 Å². The van der Waals surface area contributed by atoms with E-state index in [1.165, 1.54) is 24.9 Å². The van der Waals surface area contributed by atoms with Crippen molar-refractivity contribution in [2.45, 2.75) is 58.3 Å². The van der Waals surface area contributed by atoms with Crippen molar-refractivity contribution >= 4 is 0 Å². The standard InChI is InChI=1S/C23H34N4O2/c1-17-11-18(2)27(24-17)14-20-12-19(6-7-23(20)29-3)13-26-16-21-5-4-9-25(21)15-22(26)8-10-28/h6-7,11-12,21-22,28H,4-5,8-10,13-16H2,1-3H3/t21?,22-/m0/s1. The van der Waals surface area contributed by atoms with Gasteiger partial charge in [0.1, 0.15) is 5.75 Å². The molecule has 3 heterocycles. The second-order valence-electron chi connectivity index (χ2n) is 8.62. The van der Waals surface area contributed by atoms with Crippen LogP contribution in [0.15, 0.2) is 24.3 Å². The van der Waals surface area contributed by atoms with E-state index in [0.717, 1.165) is 48.8 Å². The Labute approximate surface area is 174 Å². The van der Waals surface area contributed by atoms with Crippen molar-refractivity contribution in [1.82, 2.24) is 19.6 Å². The molecular weight excluding hydrogens is 364 g/mol. The van der Waals surface area contributed by atoms with Crippen molar-refractivity contribution in [3.05, 3.63) is 46.8 Å². The second-order valence-corrected chi connectivity index (χ2v) is 8.62. The number of aliphatic hydroxyl groups excluding tert-OH is 1. The number of hydrogen-bond acceptors (Lipinski definition) is 5. The van der Waals surface area contributed by atoms with E-state index in [-0.39, 0.29) is 6.61 Å². The molecule has 2 atom stereocenters. The highest BCUT2D eigenvalue weighted by Crippen LogP contribution is 2.28. The molecule has 29 heavy (non-hydrogen) atoms. The summed E-state index contributed by atoms with van der Waals surface area (Å²) < 4.78 is 7.68. The Bertz CT molecular complexity index is 834. The van der Waals surface area contributed by atoms with Crippen LogP contribution in [-0.2, 0) is 13.1 Å². The molecule has 2 fully saturated rings. The minimum absolute atomic E-state index is 0.255. The lowest BCUT2D eigenvalue weighted by molar-refractivity contribution is 0.0333. The van der Waals surface area contributed by atoms with E-state index in [4.69, 9.17) is 4.74 Å². The van der Waals surface area contributed by atoms with Crippen LogP contribution in [0.25, 0.3) is 0 Å². The molecular formula is C23H34N4O2. The highest BCUT2D eigenvalue weighted by atomic mass is 16.5. The third-order valence-corrected chi connectivity index (χ3v) is 6.52. The highest BCUT2D eigenvalue weighted by molar-refractivity contribution is 5.38.